The predicted octanol–water partition coefficient (Wildman–Crippen LogP) is 4.82. The molecular formula is C18H20Cl2F3NO4. The first-order valence-corrected chi connectivity index (χ1v) is 9.54. The number of esters is 1. The van der Waals surface area contributed by atoms with Crippen molar-refractivity contribution < 1.29 is 32.2 Å². The van der Waals surface area contributed by atoms with Crippen LogP contribution in [0.4, 0.5) is 13.2 Å². The maximum absolute atomic E-state index is 12.6. The molecule has 0 spiro atoms. The van der Waals surface area contributed by atoms with Crippen molar-refractivity contribution in [2.75, 3.05) is 6.61 Å². The van der Waals surface area contributed by atoms with Crippen LogP contribution in [-0.2, 0) is 20.7 Å². The van der Waals surface area contributed by atoms with E-state index in [1.165, 1.54) is 0 Å². The molecule has 1 amide bonds. The predicted molar refractivity (Wildman–Crippen MR) is 97.4 cm³/mol. The monoisotopic (exact) mass is 441 g/mol. The van der Waals surface area contributed by atoms with Gasteiger partial charge >= 0.3 is 12.3 Å². The van der Waals surface area contributed by atoms with Crippen LogP contribution in [0.25, 0.3) is 0 Å². The number of amides is 1. The molecule has 156 valence electrons. The van der Waals surface area contributed by atoms with Gasteiger partial charge in [0.05, 0.1) is 13.0 Å². The lowest BCUT2D eigenvalue weighted by Gasteiger charge is -2.35. The number of carbonyl (C=O) groups is 2. The van der Waals surface area contributed by atoms with E-state index in [0.29, 0.717) is 12.8 Å². The van der Waals surface area contributed by atoms with Gasteiger partial charge in [0.2, 0.25) is 5.91 Å². The molecule has 1 fully saturated rings. The van der Waals surface area contributed by atoms with Crippen LogP contribution in [0.5, 0.6) is 5.75 Å². The first-order valence-electron chi connectivity index (χ1n) is 8.78. The van der Waals surface area contributed by atoms with Gasteiger partial charge in [-0.15, -0.1) is 13.2 Å². The summed E-state index contributed by atoms with van der Waals surface area (Å²) in [6.07, 6.45) is -1.79. The van der Waals surface area contributed by atoms with E-state index in [-0.39, 0.29) is 28.6 Å². The highest BCUT2D eigenvalue weighted by Gasteiger charge is 2.42. The fraction of sp³-hybridized carbons (Fsp3) is 0.556. The molecule has 0 unspecified atom stereocenters. The Bertz CT molecular complexity index is 711. The Morgan fingerprint density at radius 3 is 2.21 bits per heavy atom. The lowest BCUT2D eigenvalue weighted by molar-refractivity contribution is -0.274. The highest BCUT2D eigenvalue weighted by molar-refractivity contribution is 6.36. The van der Waals surface area contributed by atoms with Crippen LogP contribution in [0.2, 0.25) is 10.0 Å². The molecule has 0 saturated heterocycles. The van der Waals surface area contributed by atoms with Crippen molar-refractivity contribution in [1.82, 2.24) is 5.32 Å². The molecule has 5 nitrogen and oxygen atoms in total. The Balaban J connectivity index is 2.16. The molecule has 0 aliphatic heterocycles. The minimum absolute atomic E-state index is 0.143. The number of halogens is 5. The van der Waals surface area contributed by atoms with Gasteiger partial charge in [0, 0.05) is 10.0 Å². The average Bonchev–Trinajstić information content (AvgIpc) is 2.57. The van der Waals surface area contributed by atoms with Crippen molar-refractivity contribution in [2.45, 2.75) is 57.3 Å². The maximum atomic E-state index is 12.6. The van der Waals surface area contributed by atoms with Gasteiger partial charge in [-0.2, -0.15) is 0 Å². The number of benzene rings is 1. The molecule has 1 N–H and O–H groups in total. The van der Waals surface area contributed by atoms with E-state index in [4.69, 9.17) is 27.9 Å². The highest BCUT2D eigenvalue weighted by Crippen LogP contribution is 2.34. The van der Waals surface area contributed by atoms with E-state index < -0.39 is 29.5 Å². The molecule has 2 rings (SSSR count). The largest absolute Gasteiger partial charge is 0.573 e. The number of alkyl halides is 3. The standard InChI is InChI=1S/C18H20Cl2F3NO4/c1-2-27-16(26)17(6-4-3-5-7-17)24-15(25)10-12-13(19)8-11(9-14(12)20)28-18(21,22)23/h8-9H,2-7,10H2,1H3,(H,24,25). The number of hydrogen-bond acceptors (Lipinski definition) is 4. The van der Waals surface area contributed by atoms with E-state index in [9.17, 15) is 22.8 Å². The van der Waals surface area contributed by atoms with Crippen molar-refractivity contribution in [3.8, 4) is 5.75 Å². The van der Waals surface area contributed by atoms with Crippen molar-refractivity contribution >= 4 is 35.1 Å². The van der Waals surface area contributed by atoms with Crippen molar-refractivity contribution in [3.05, 3.63) is 27.7 Å². The number of ether oxygens (including phenoxy) is 2. The van der Waals surface area contributed by atoms with Gasteiger partial charge in [0.25, 0.3) is 0 Å². The van der Waals surface area contributed by atoms with Gasteiger partial charge in [-0.3, -0.25) is 4.79 Å². The molecule has 0 heterocycles. The van der Waals surface area contributed by atoms with Crippen LogP contribution < -0.4 is 10.1 Å². The van der Waals surface area contributed by atoms with E-state index in [2.05, 4.69) is 10.1 Å². The Morgan fingerprint density at radius 2 is 1.71 bits per heavy atom. The summed E-state index contributed by atoms with van der Waals surface area (Å²) in [7, 11) is 0. The van der Waals surface area contributed by atoms with Gasteiger partial charge in [-0.05, 0) is 37.5 Å². The van der Waals surface area contributed by atoms with Crippen molar-refractivity contribution in [2.24, 2.45) is 0 Å². The zero-order chi connectivity index (χ0) is 20.9. The third-order valence-electron chi connectivity index (χ3n) is 4.44. The average molecular weight is 442 g/mol. The topological polar surface area (TPSA) is 64.6 Å². The summed E-state index contributed by atoms with van der Waals surface area (Å²) >= 11 is 12.0. The molecule has 1 aromatic carbocycles. The fourth-order valence-corrected chi connectivity index (χ4v) is 3.82. The van der Waals surface area contributed by atoms with Crippen LogP contribution in [0, 0.1) is 0 Å². The lowest BCUT2D eigenvalue weighted by Crippen LogP contribution is -2.56. The maximum Gasteiger partial charge on any atom is 0.573 e. The van der Waals surface area contributed by atoms with E-state index >= 15 is 0 Å². The molecule has 0 bridgehead atoms. The summed E-state index contributed by atoms with van der Waals surface area (Å²) in [4.78, 5) is 25.0. The summed E-state index contributed by atoms with van der Waals surface area (Å²) in [5.74, 6) is -1.60. The Morgan fingerprint density at radius 1 is 1.14 bits per heavy atom. The molecule has 1 aliphatic rings. The van der Waals surface area contributed by atoms with E-state index in [1.807, 2.05) is 0 Å². The van der Waals surface area contributed by atoms with Crippen molar-refractivity contribution in [3.63, 3.8) is 0 Å². The molecule has 1 saturated carbocycles. The lowest BCUT2D eigenvalue weighted by atomic mass is 9.81. The molecule has 0 radical (unpaired) electrons. The zero-order valence-electron chi connectivity index (χ0n) is 15.1. The second kappa shape index (κ2) is 9.22. The minimum atomic E-state index is -4.89. The van der Waals surface area contributed by atoms with Crippen LogP contribution >= 0.6 is 23.2 Å². The quantitative estimate of drug-likeness (QED) is 0.642. The number of carbonyl (C=O) groups excluding carboxylic acids is 2. The van der Waals surface area contributed by atoms with Crippen LogP contribution in [-0.4, -0.2) is 30.4 Å². The van der Waals surface area contributed by atoms with Crippen LogP contribution in [0.3, 0.4) is 0 Å². The van der Waals surface area contributed by atoms with Gasteiger partial charge in [-0.25, -0.2) is 4.79 Å². The second-order valence-electron chi connectivity index (χ2n) is 6.50. The SMILES string of the molecule is CCOC(=O)C1(NC(=O)Cc2c(Cl)cc(OC(F)(F)F)cc2Cl)CCCCC1. The van der Waals surface area contributed by atoms with Crippen LogP contribution in [0.15, 0.2) is 12.1 Å². The van der Waals surface area contributed by atoms with Crippen molar-refractivity contribution in [1.29, 1.82) is 0 Å². The molecule has 10 heteroatoms. The molecular weight excluding hydrogens is 422 g/mol. The second-order valence-corrected chi connectivity index (χ2v) is 7.32. The summed E-state index contributed by atoms with van der Waals surface area (Å²) in [5, 5.41) is 2.45. The minimum Gasteiger partial charge on any atom is -0.464 e. The third-order valence-corrected chi connectivity index (χ3v) is 5.11. The molecule has 1 aromatic rings. The molecule has 28 heavy (non-hydrogen) atoms. The van der Waals surface area contributed by atoms with Gasteiger partial charge in [0.1, 0.15) is 11.3 Å². The van der Waals surface area contributed by atoms with E-state index in [1.54, 1.807) is 6.92 Å². The zero-order valence-corrected chi connectivity index (χ0v) is 16.6. The normalized spacial score (nSPS) is 16.4. The van der Waals surface area contributed by atoms with Gasteiger partial charge < -0.3 is 14.8 Å². The summed E-state index contributed by atoms with van der Waals surface area (Å²) in [5.41, 5.74) is -0.964. The first kappa shape index (κ1) is 22.6. The Hall–Kier alpha value is -1.67. The molecule has 0 atom stereocenters. The molecule has 1 aliphatic carbocycles. The number of nitrogens with one attached hydrogen (secondary N) is 1. The smallest absolute Gasteiger partial charge is 0.464 e. The summed E-state index contributed by atoms with van der Waals surface area (Å²) in [6.45, 7) is 1.87. The number of hydrogen-bond donors (Lipinski definition) is 1. The Labute approximate surface area is 170 Å². The van der Waals surface area contributed by atoms with Crippen LogP contribution in [0.1, 0.15) is 44.6 Å². The van der Waals surface area contributed by atoms with E-state index in [0.717, 1.165) is 31.4 Å². The molecule has 0 aromatic heterocycles. The first-order chi connectivity index (χ1) is 13.1. The highest BCUT2D eigenvalue weighted by atomic mass is 35.5. The fourth-order valence-electron chi connectivity index (χ4n) is 3.22. The Kier molecular flexibility index (Phi) is 7.45. The summed E-state index contributed by atoms with van der Waals surface area (Å²) < 4.78 is 45.9. The number of rotatable bonds is 6. The summed E-state index contributed by atoms with van der Waals surface area (Å²) in [6, 6.07) is 1.87. The third kappa shape index (κ3) is 5.91. The van der Waals surface area contributed by atoms with Gasteiger partial charge in [0.15, 0.2) is 0 Å². The van der Waals surface area contributed by atoms with Gasteiger partial charge in [-0.1, -0.05) is 42.5 Å².